The number of fused-ring (bicyclic) bond motifs is 1. The van der Waals surface area contributed by atoms with Crippen LogP contribution in [-0.2, 0) is 6.54 Å². The summed E-state index contributed by atoms with van der Waals surface area (Å²) in [6.45, 7) is 3.44. The van der Waals surface area contributed by atoms with Crippen LogP contribution in [0, 0.1) is 11.8 Å². The highest BCUT2D eigenvalue weighted by Crippen LogP contribution is 2.37. The van der Waals surface area contributed by atoms with Gasteiger partial charge in [0, 0.05) is 31.9 Å². The first-order chi connectivity index (χ1) is 7.81. The van der Waals surface area contributed by atoms with Gasteiger partial charge in [-0.3, -0.25) is 9.88 Å². The molecule has 16 heavy (non-hydrogen) atoms. The van der Waals surface area contributed by atoms with Crippen LogP contribution in [0.15, 0.2) is 24.4 Å². The summed E-state index contributed by atoms with van der Waals surface area (Å²) >= 11 is 0. The third kappa shape index (κ3) is 1.97. The molecule has 0 bridgehead atoms. The van der Waals surface area contributed by atoms with Gasteiger partial charge in [-0.1, -0.05) is 6.07 Å². The summed E-state index contributed by atoms with van der Waals surface area (Å²) in [7, 11) is 0. The second-order valence-corrected chi connectivity index (χ2v) is 5.27. The van der Waals surface area contributed by atoms with Crippen LogP contribution in [0.2, 0.25) is 0 Å². The van der Waals surface area contributed by atoms with Crippen LogP contribution < -0.4 is 5.73 Å². The zero-order valence-electron chi connectivity index (χ0n) is 9.55. The second-order valence-electron chi connectivity index (χ2n) is 5.27. The third-order valence-electron chi connectivity index (χ3n) is 3.97. The van der Waals surface area contributed by atoms with Crippen molar-refractivity contribution in [3.05, 3.63) is 30.1 Å². The van der Waals surface area contributed by atoms with E-state index in [1.807, 2.05) is 12.3 Å². The van der Waals surface area contributed by atoms with Gasteiger partial charge >= 0.3 is 0 Å². The molecule has 3 heteroatoms. The fourth-order valence-electron chi connectivity index (χ4n) is 3.29. The normalized spacial score (nSPS) is 34.2. The van der Waals surface area contributed by atoms with Crippen LogP contribution in [0.1, 0.15) is 18.5 Å². The van der Waals surface area contributed by atoms with E-state index in [4.69, 9.17) is 5.73 Å². The largest absolute Gasteiger partial charge is 0.328 e. The van der Waals surface area contributed by atoms with E-state index in [1.165, 1.54) is 31.6 Å². The summed E-state index contributed by atoms with van der Waals surface area (Å²) in [6.07, 6.45) is 4.33. The number of hydrogen-bond donors (Lipinski definition) is 1. The van der Waals surface area contributed by atoms with E-state index in [-0.39, 0.29) is 0 Å². The number of hydrogen-bond acceptors (Lipinski definition) is 3. The number of likely N-dealkylation sites (tertiary alicyclic amines) is 1. The zero-order valence-corrected chi connectivity index (χ0v) is 9.55. The summed E-state index contributed by atoms with van der Waals surface area (Å²) in [4.78, 5) is 6.92. The lowest BCUT2D eigenvalue weighted by Crippen LogP contribution is -2.25. The maximum atomic E-state index is 5.99. The zero-order chi connectivity index (χ0) is 11.0. The van der Waals surface area contributed by atoms with Crippen molar-refractivity contribution in [1.29, 1.82) is 0 Å². The Labute approximate surface area is 96.7 Å². The van der Waals surface area contributed by atoms with Gasteiger partial charge in [0.15, 0.2) is 0 Å². The standard InChI is InChI=1S/C13H19N3/c14-12-5-10-7-16(8-11(10)6-12)9-13-3-1-2-4-15-13/h1-4,10-12H,5-9,14H2. The van der Waals surface area contributed by atoms with Gasteiger partial charge in [-0.15, -0.1) is 0 Å². The monoisotopic (exact) mass is 217 g/mol. The molecule has 2 atom stereocenters. The first-order valence-electron chi connectivity index (χ1n) is 6.19. The molecule has 2 N–H and O–H groups in total. The highest BCUT2D eigenvalue weighted by molar-refractivity contribution is 5.04. The van der Waals surface area contributed by atoms with E-state index in [9.17, 15) is 0 Å². The second kappa shape index (κ2) is 4.15. The van der Waals surface area contributed by atoms with Crippen molar-refractivity contribution in [3.8, 4) is 0 Å². The van der Waals surface area contributed by atoms with E-state index in [0.717, 1.165) is 18.4 Å². The molecule has 2 heterocycles. The molecule has 3 nitrogen and oxygen atoms in total. The molecule has 2 aliphatic rings. The molecule has 0 radical (unpaired) electrons. The summed E-state index contributed by atoms with van der Waals surface area (Å²) < 4.78 is 0. The molecule has 1 saturated carbocycles. The summed E-state index contributed by atoms with van der Waals surface area (Å²) in [5.41, 5.74) is 7.18. The first-order valence-corrected chi connectivity index (χ1v) is 6.19. The Kier molecular flexibility index (Phi) is 2.65. The minimum Gasteiger partial charge on any atom is -0.328 e. The fourth-order valence-corrected chi connectivity index (χ4v) is 3.29. The minimum atomic E-state index is 0.465. The number of nitrogens with two attached hydrogens (primary N) is 1. The van der Waals surface area contributed by atoms with Crippen LogP contribution in [0.25, 0.3) is 0 Å². The molecule has 2 unspecified atom stereocenters. The molecule has 0 aromatic carbocycles. The Bertz CT molecular complexity index is 337. The van der Waals surface area contributed by atoms with E-state index >= 15 is 0 Å². The number of pyridine rings is 1. The van der Waals surface area contributed by atoms with E-state index in [2.05, 4.69) is 22.0 Å². The highest BCUT2D eigenvalue weighted by Gasteiger charge is 2.39. The summed E-state index contributed by atoms with van der Waals surface area (Å²) in [5.74, 6) is 1.69. The molecule has 1 aromatic heterocycles. The molecule has 1 aliphatic heterocycles. The van der Waals surface area contributed by atoms with Gasteiger partial charge in [0.1, 0.15) is 0 Å². The van der Waals surface area contributed by atoms with Crippen molar-refractivity contribution in [1.82, 2.24) is 9.88 Å². The minimum absolute atomic E-state index is 0.465. The molecule has 1 aliphatic carbocycles. The Balaban J connectivity index is 1.60. The van der Waals surface area contributed by atoms with Gasteiger partial charge in [0.2, 0.25) is 0 Å². The maximum Gasteiger partial charge on any atom is 0.0543 e. The average Bonchev–Trinajstić information content (AvgIpc) is 2.76. The van der Waals surface area contributed by atoms with Gasteiger partial charge in [-0.25, -0.2) is 0 Å². The van der Waals surface area contributed by atoms with Gasteiger partial charge in [-0.2, -0.15) is 0 Å². The molecule has 0 amide bonds. The lowest BCUT2D eigenvalue weighted by molar-refractivity contribution is 0.296. The van der Waals surface area contributed by atoms with Gasteiger partial charge in [0.05, 0.1) is 5.69 Å². The van der Waals surface area contributed by atoms with Gasteiger partial charge in [0.25, 0.3) is 0 Å². The Hall–Kier alpha value is -0.930. The molecular weight excluding hydrogens is 198 g/mol. The van der Waals surface area contributed by atoms with Gasteiger partial charge in [-0.05, 0) is 36.8 Å². The van der Waals surface area contributed by atoms with Crippen LogP contribution in [0.4, 0.5) is 0 Å². The van der Waals surface area contributed by atoms with Crippen molar-refractivity contribution < 1.29 is 0 Å². The number of aromatic nitrogens is 1. The molecule has 86 valence electrons. The van der Waals surface area contributed by atoms with Crippen LogP contribution >= 0.6 is 0 Å². The number of rotatable bonds is 2. The lowest BCUT2D eigenvalue weighted by Gasteiger charge is -2.16. The predicted molar refractivity (Wildman–Crippen MR) is 63.7 cm³/mol. The summed E-state index contributed by atoms with van der Waals surface area (Å²) in [5, 5.41) is 0. The van der Waals surface area contributed by atoms with Crippen molar-refractivity contribution in [2.24, 2.45) is 17.6 Å². The van der Waals surface area contributed by atoms with Crippen molar-refractivity contribution in [2.75, 3.05) is 13.1 Å². The van der Waals surface area contributed by atoms with Crippen molar-refractivity contribution >= 4 is 0 Å². The molecule has 1 saturated heterocycles. The van der Waals surface area contributed by atoms with Crippen LogP contribution in [-0.4, -0.2) is 29.0 Å². The Morgan fingerprint density at radius 2 is 2.00 bits per heavy atom. The molecule has 1 aromatic rings. The molecule has 3 rings (SSSR count). The van der Waals surface area contributed by atoms with Gasteiger partial charge < -0.3 is 5.73 Å². The highest BCUT2D eigenvalue weighted by atomic mass is 15.2. The van der Waals surface area contributed by atoms with E-state index in [1.54, 1.807) is 0 Å². The smallest absolute Gasteiger partial charge is 0.0543 e. The van der Waals surface area contributed by atoms with Crippen LogP contribution in [0.5, 0.6) is 0 Å². The predicted octanol–water partition coefficient (Wildman–Crippen LogP) is 1.25. The first kappa shape index (κ1) is 10.2. The number of nitrogens with zero attached hydrogens (tertiary/aromatic N) is 2. The third-order valence-corrected chi connectivity index (χ3v) is 3.97. The topological polar surface area (TPSA) is 42.1 Å². The molecule has 0 spiro atoms. The van der Waals surface area contributed by atoms with Crippen LogP contribution in [0.3, 0.4) is 0 Å². The lowest BCUT2D eigenvalue weighted by atomic mass is 10.0. The summed E-state index contributed by atoms with van der Waals surface area (Å²) in [6, 6.07) is 6.61. The molecular formula is C13H19N3. The van der Waals surface area contributed by atoms with Crippen molar-refractivity contribution in [2.45, 2.75) is 25.4 Å². The SMILES string of the molecule is NC1CC2CN(Cc3ccccn3)CC2C1. The average molecular weight is 217 g/mol. The van der Waals surface area contributed by atoms with E-state index < -0.39 is 0 Å². The van der Waals surface area contributed by atoms with E-state index in [0.29, 0.717) is 6.04 Å². The fraction of sp³-hybridized carbons (Fsp3) is 0.615. The quantitative estimate of drug-likeness (QED) is 0.810. The maximum absolute atomic E-state index is 5.99. The Morgan fingerprint density at radius 3 is 2.62 bits per heavy atom. The Morgan fingerprint density at radius 1 is 1.25 bits per heavy atom. The van der Waals surface area contributed by atoms with Crippen molar-refractivity contribution in [3.63, 3.8) is 0 Å². The molecule has 2 fully saturated rings.